The summed E-state index contributed by atoms with van der Waals surface area (Å²) >= 11 is 0. The number of hydrogen-bond acceptors (Lipinski definition) is 2. The van der Waals surface area contributed by atoms with Crippen LogP contribution >= 0.6 is 0 Å². The van der Waals surface area contributed by atoms with Gasteiger partial charge in [0.25, 0.3) is 0 Å². The molecular formula is C14H17FO2. The maximum Gasteiger partial charge on any atom is 0.167 e. The molecule has 2 aliphatic rings. The first-order valence-corrected chi connectivity index (χ1v) is 6.24. The van der Waals surface area contributed by atoms with E-state index in [2.05, 4.69) is 0 Å². The standard InChI is InChI=1S/C14H17FO2/c1-10-3-2-4-12(13(10)15)16-9-14-7-5-11(17-14)6-8-14/h2-4,11H,5-9H2,1H3. The van der Waals surface area contributed by atoms with E-state index in [4.69, 9.17) is 9.47 Å². The van der Waals surface area contributed by atoms with Gasteiger partial charge in [0.15, 0.2) is 11.6 Å². The van der Waals surface area contributed by atoms with Gasteiger partial charge in [0, 0.05) is 0 Å². The summed E-state index contributed by atoms with van der Waals surface area (Å²) in [6, 6.07) is 5.25. The third kappa shape index (κ3) is 1.93. The van der Waals surface area contributed by atoms with Crippen molar-refractivity contribution in [3.8, 4) is 5.75 Å². The minimum absolute atomic E-state index is 0.138. The van der Waals surface area contributed by atoms with Gasteiger partial charge in [-0.05, 0) is 44.2 Å². The zero-order valence-electron chi connectivity index (χ0n) is 10.0. The normalized spacial score (nSPS) is 30.8. The fraction of sp³-hybridized carbons (Fsp3) is 0.571. The molecule has 1 aromatic carbocycles. The van der Waals surface area contributed by atoms with E-state index in [0.29, 0.717) is 24.0 Å². The van der Waals surface area contributed by atoms with Crippen LogP contribution in [0.5, 0.6) is 5.75 Å². The zero-order valence-corrected chi connectivity index (χ0v) is 10.0. The molecule has 0 aliphatic carbocycles. The molecule has 0 saturated carbocycles. The van der Waals surface area contributed by atoms with Gasteiger partial charge in [-0.15, -0.1) is 0 Å². The molecule has 0 N–H and O–H groups in total. The summed E-state index contributed by atoms with van der Waals surface area (Å²) in [6.07, 6.45) is 4.76. The highest BCUT2D eigenvalue weighted by molar-refractivity contribution is 5.30. The van der Waals surface area contributed by atoms with Crippen LogP contribution in [0.15, 0.2) is 18.2 Å². The van der Waals surface area contributed by atoms with Crippen molar-refractivity contribution in [2.24, 2.45) is 0 Å². The minimum atomic E-state index is -0.253. The van der Waals surface area contributed by atoms with Crippen LogP contribution in [0, 0.1) is 12.7 Å². The number of rotatable bonds is 3. The third-order valence-corrected chi connectivity index (χ3v) is 3.91. The van der Waals surface area contributed by atoms with Crippen molar-refractivity contribution in [3.05, 3.63) is 29.6 Å². The first kappa shape index (κ1) is 11.0. The third-order valence-electron chi connectivity index (χ3n) is 3.91. The molecule has 17 heavy (non-hydrogen) atoms. The highest BCUT2D eigenvalue weighted by atomic mass is 19.1. The Balaban J connectivity index is 1.70. The summed E-state index contributed by atoms with van der Waals surface area (Å²) < 4.78 is 25.3. The topological polar surface area (TPSA) is 18.5 Å². The van der Waals surface area contributed by atoms with Crippen LogP contribution in [0.1, 0.15) is 31.2 Å². The van der Waals surface area contributed by atoms with E-state index in [9.17, 15) is 4.39 Å². The van der Waals surface area contributed by atoms with E-state index in [1.165, 1.54) is 0 Å². The maximum atomic E-state index is 13.7. The van der Waals surface area contributed by atoms with Gasteiger partial charge in [-0.2, -0.15) is 0 Å². The van der Waals surface area contributed by atoms with Gasteiger partial charge in [0.2, 0.25) is 0 Å². The SMILES string of the molecule is Cc1cccc(OCC23CCC(CC2)O3)c1F. The molecule has 2 bridgehead atoms. The van der Waals surface area contributed by atoms with E-state index in [0.717, 1.165) is 25.7 Å². The molecule has 1 aromatic rings. The van der Waals surface area contributed by atoms with Crippen molar-refractivity contribution in [2.45, 2.75) is 44.3 Å². The van der Waals surface area contributed by atoms with E-state index < -0.39 is 0 Å². The fourth-order valence-corrected chi connectivity index (χ4v) is 2.83. The van der Waals surface area contributed by atoms with Crippen molar-refractivity contribution >= 4 is 0 Å². The summed E-state index contributed by atoms with van der Waals surface area (Å²) in [6.45, 7) is 2.22. The lowest BCUT2D eigenvalue weighted by atomic mass is 9.89. The van der Waals surface area contributed by atoms with Crippen LogP contribution < -0.4 is 4.74 Å². The predicted molar refractivity (Wildman–Crippen MR) is 62.7 cm³/mol. The fourth-order valence-electron chi connectivity index (χ4n) is 2.83. The molecule has 92 valence electrons. The van der Waals surface area contributed by atoms with E-state index >= 15 is 0 Å². The number of ether oxygens (including phenoxy) is 2. The second-order valence-corrected chi connectivity index (χ2v) is 5.18. The Bertz CT molecular complexity index is 422. The molecule has 0 spiro atoms. The van der Waals surface area contributed by atoms with E-state index in [1.807, 2.05) is 6.07 Å². The Labute approximate surface area is 101 Å². The highest BCUT2D eigenvalue weighted by Gasteiger charge is 2.46. The number of halogens is 1. The first-order chi connectivity index (χ1) is 8.19. The number of aryl methyl sites for hydroxylation is 1. The zero-order chi connectivity index (χ0) is 11.9. The van der Waals surface area contributed by atoms with Crippen LogP contribution in [-0.2, 0) is 4.74 Å². The second kappa shape index (κ2) is 3.98. The number of fused-ring (bicyclic) bond motifs is 2. The Morgan fingerprint density at radius 2 is 2.18 bits per heavy atom. The Hall–Kier alpha value is -1.09. The predicted octanol–water partition coefficient (Wildman–Crippen LogP) is 3.22. The minimum Gasteiger partial charge on any atom is -0.487 e. The molecule has 2 aliphatic heterocycles. The second-order valence-electron chi connectivity index (χ2n) is 5.18. The van der Waals surface area contributed by atoms with Gasteiger partial charge in [0.1, 0.15) is 12.2 Å². The lowest BCUT2D eigenvalue weighted by Gasteiger charge is -2.24. The summed E-state index contributed by atoms with van der Waals surface area (Å²) in [4.78, 5) is 0. The Morgan fingerprint density at radius 3 is 2.82 bits per heavy atom. The lowest BCUT2D eigenvalue weighted by Crippen LogP contribution is -2.32. The summed E-state index contributed by atoms with van der Waals surface area (Å²) in [7, 11) is 0. The van der Waals surface area contributed by atoms with Gasteiger partial charge in [-0.25, -0.2) is 4.39 Å². The Morgan fingerprint density at radius 1 is 1.41 bits per heavy atom. The molecule has 0 amide bonds. The quantitative estimate of drug-likeness (QED) is 0.802. The number of benzene rings is 1. The molecule has 0 atom stereocenters. The smallest absolute Gasteiger partial charge is 0.167 e. The molecule has 2 nitrogen and oxygen atoms in total. The van der Waals surface area contributed by atoms with Crippen molar-refractivity contribution < 1.29 is 13.9 Å². The lowest BCUT2D eigenvalue weighted by molar-refractivity contribution is -0.0206. The van der Waals surface area contributed by atoms with Crippen LogP contribution in [0.2, 0.25) is 0 Å². The monoisotopic (exact) mass is 236 g/mol. The van der Waals surface area contributed by atoms with Crippen LogP contribution in [0.25, 0.3) is 0 Å². The van der Waals surface area contributed by atoms with Crippen LogP contribution in [0.3, 0.4) is 0 Å². The average molecular weight is 236 g/mol. The molecule has 0 radical (unpaired) electrons. The molecule has 2 fully saturated rings. The van der Waals surface area contributed by atoms with Gasteiger partial charge < -0.3 is 9.47 Å². The van der Waals surface area contributed by atoms with Gasteiger partial charge in [0.05, 0.1) is 6.10 Å². The van der Waals surface area contributed by atoms with Crippen molar-refractivity contribution in [1.82, 2.24) is 0 Å². The number of hydrogen-bond donors (Lipinski definition) is 0. The maximum absolute atomic E-state index is 13.7. The molecule has 0 aromatic heterocycles. The van der Waals surface area contributed by atoms with Gasteiger partial charge in [-0.1, -0.05) is 12.1 Å². The first-order valence-electron chi connectivity index (χ1n) is 6.24. The molecular weight excluding hydrogens is 219 g/mol. The molecule has 2 heterocycles. The van der Waals surface area contributed by atoms with E-state index in [1.54, 1.807) is 19.1 Å². The summed E-state index contributed by atoms with van der Waals surface area (Å²) in [5, 5.41) is 0. The molecule has 2 saturated heterocycles. The Kier molecular flexibility index (Phi) is 2.58. The highest BCUT2D eigenvalue weighted by Crippen LogP contribution is 2.43. The summed E-state index contributed by atoms with van der Waals surface area (Å²) in [5.74, 6) is 0.0924. The largest absolute Gasteiger partial charge is 0.487 e. The van der Waals surface area contributed by atoms with Crippen LogP contribution in [-0.4, -0.2) is 18.3 Å². The molecule has 3 heteroatoms. The van der Waals surface area contributed by atoms with Crippen molar-refractivity contribution in [2.75, 3.05) is 6.61 Å². The van der Waals surface area contributed by atoms with Crippen molar-refractivity contribution in [3.63, 3.8) is 0 Å². The molecule has 3 rings (SSSR count). The average Bonchev–Trinajstić information content (AvgIpc) is 2.92. The summed E-state index contributed by atoms with van der Waals surface area (Å²) in [5.41, 5.74) is 0.484. The van der Waals surface area contributed by atoms with Gasteiger partial charge >= 0.3 is 0 Å². The molecule has 0 unspecified atom stereocenters. The van der Waals surface area contributed by atoms with Crippen molar-refractivity contribution in [1.29, 1.82) is 0 Å². The van der Waals surface area contributed by atoms with Crippen LogP contribution in [0.4, 0.5) is 4.39 Å². The van der Waals surface area contributed by atoms with Gasteiger partial charge in [-0.3, -0.25) is 0 Å². The van der Waals surface area contributed by atoms with E-state index in [-0.39, 0.29) is 11.4 Å².